The first-order valence-electron chi connectivity index (χ1n) is 13.8. The van der Waals surface area contributed by atoms with Gasteiger partial charge in [0, 0.05) is 36.6 Å². The molecule has 13 nitrogen and oxygen atoms in total. The Labute approximate surface area is 271 Å². The zero-order chi connectivity index (χ0) is 34.5. The number of aromatic hydroxyl groups is 1. The van der Waals surface area contributed by atoms with Crippen molar-refractivity contribution in [3.8, 4) is 63.4 Å². The Morgan fingerprint density at radius 2 is 1.62 bits per heavy atom. The number of aromatic nitrogens is 3. The maximum absolute atomic E-state index is 16.2. The van der Waals surface area contributed by atoms with E-state index in [0.717, 1.165) is 12.1 Å². The third kappa shape index (κ3) is 6.94. The van der Waals surface area contributed by atoms with Gasteiger partial charge in [0.15, 0.2) is 23.0 Å². The Morgan fingerprint density at radius 1 is 0.938 bits per heavy atom. The number of pyridine rings is 1. The fourth-order valence-electron chi connectivity index (χ4n) is 4.39. The molecule has 0 fully saturated rings. The van der Waals surface area contributed by atoms with Crippen LogP contribution in [-0.4, -0.2) is 50.8 Å². The minimum atomic E-state index is -1.45. The van der Waals surface area contributed by atoms with Gasteiger partial charge in [-0.05, 0) is 54.1 Å². The van der Waals surface area contributed by atoms with Crippen LogP contribution in [0.15, 0.2) is 73.1 Å². The Morgan fingerprint density at radius 3 is 2.23 bits per heavy atom. The number of phenolic OH excluding ortho intramolecular Hbond substituents is 1. The Balaban J connectivity index is 1.64. The minimum Gasteiger partial charge on any atom is -0.504 e. The number of carboxylic acids is 1. The fourth-order valence-corrected chi connectivity index (χ4v) is 4.39. The van der Waals surface area contributed by atoms with Crippen LogP contribution in [-0.2, 0) is 11.8 Å². The number of nitrogens with two attached hydrogens (primary N) is 1. The fraction of sp³-hybridized carbons (Fsp3) is 0.0909. The molecule has 0 aliphatic heterocycles. The highest BCUT2D eigenvalue weighted by molar-refractivity contribution is 5.95. The number of halogens is 2. The van der Waals surface area contributed by atoms with Crippen molar-refractivity contribution < 1.29 is 47.5 Å². The average Bonchev–Trinajstić information content (AvgIpc) is 3.50. The molecule has 0 bridgehead atoms. The third-order valence-corrected chi connectivity index (χ3v) is 6.69. The molecule has 0 atom stereocenters. The van der Waals surface area contributed by atoms with Gasteiger partial charge in [-0.1, -0.05) is 12.1 Å². The van der Waals surface area contributed by atoms with Crippen LogP contribution in [0.4, 0.5) is 8.78 Å². The van der Waals surface area contributed by atoms with Crippen LogP contribution in [0.25, 0.3) is 17.5 Å². The summed E-state index contributed by atoms with van der Waals surface area (Å²) in [4.78, 5) is 19.2. The van der Waals surface area contributed by atoms with Crippen molar-refractivity contribution >= 4 is 17.9 Å². The summed E-state index contributed by atoms with van der Waals surface area (Å²) in [7, 11) is 4.31. The Hall–Kier alpha value is -6.64. The Bertz CT molecular complexity index is 2040. The van der Waals surface area contributed by atoms with Crippen molar-refractivity contribution in [3.63, 3.8) is 0 Å². The summed E-state index contributed by atoms with van der Waals surface area (Å²) in [6.07, 6.45) is 5.48. The molecule has 0 spiro atoms. The lowest BCUT2D eigenvalue weighted by molar-refractivity contribution is -0.131. The summed E-state index contributed by atoms with van der Waals surface area (Å²) in [5, 5.41) is 27.1. The van der Waals surface area contributed by atoms with Gasteiger partial charge >= 0.3 is 5.97 Å². The number of nitrogens with one attached hydrogen (secondary N) is 1. The monoisotopic (exact) mass is 659 g/mol. The van der Waals surface area contributed by atoms with Crippen LogP contribution in [0.2, 0.25) is 0 Å². The second kappa shape index (κ2) is 13.8. The zero-order valence-electron chi connectivity index (χ0n) is 25.5. The van der Waals surface area contributed by atoms with Crippen LogP contribution in [0.5, 0.6) is 52.0 Å². The number of benzene rings is 3. The number of amidine groups is 1. The standard InChI is InChI=1S/C33H27F2N5O8/c1-40-12-11-38-31(40)19-5-4-6-20(15-19)46-32-26(34)29(27(35)33(39-32)47-22-16-18(30(36)37)8-9-21(22)41)48-28-23(44-2)13-17(7-10-25(42)43)14-24(28)45-3/h4-16,41H,1-3H3,(H3,36,37)(H,42,43)/b10-7+. The van der Waals surface area contributed by atoms with E-state index in [2.05, 4.69) is 9.97 Å². The van der Waals surface area contributed by atoms with Crippen molar-refractivity contribution in [3.05, 3.63) is 95.8 Å². The summed E-state index contributed by atoms with van der Waals surface area (Å²) in [6, 6.07) is 12.8. The summed E-state index contributed by atoms with van der Waals surface area (Å²) in [6.45, 7) is 0. The van der Waals surface area contributed by atoms with Crippen LogP contribution in [0, 0.1) is 17.0 Å². The van der Waals surface area contributed by atoms with Gasteiger partial charge in [-0.3, -0.25) is 5.41 Å². The van der Waals surface area contributed by atoms with E-state index in [1.165, 1.54) is 50.6 Å². The van der Waals surface area contributed by atoms with Crippen molar-refractivity contribution in [2.75, 3.05) is 14.2 Å². The van der Waals surface area contributed by atoms with Gasteiger partial charge in [0.2, 0.25) is 23.1 Å². The molecule has 2 heterocycles. The molecule has 0 aliphatic carbocycles. The van der Waals surface area contributed by atoms with E-state index in [0.29, 0.717) is 17.0 Å². The molecule has 5 N–H and O–H groups in total. The molecule has 0 aliphatic rings. The number of hydrogen-bond acceptors (Lipinski definition) is 10. The van der Waals surface area contributed by atoms with E-state index < -0.39 is 40.9 Å². The number of ether oxygens (including phenoxy) is 5. The highest BCUT2D eigenvalue weighted by Gasteiger charge is 2.29. The van der Waals surface area contributed by atoms with E-state index in [1.54, 1.807) is 42.2 Å². The lowest BCUT2D eigenvalue weighted by Gasteiger charge is -2.18. The molecule has 0 amide bonds. The maximum Gasteiger partial charge on any atom is 0.328 e. The second-order valence-corrected chi connectivity index (χ2v) is 9.90. The summed E-state index contributed by atoms with van der Waals surface area (Å²) in [5.41, 5.74) is 6.62. The van der Waals surface area contributed by atoms with Crippen molar-refractivity contribution in [2.45, 2.75) is 0 Å². The number of methoxy groups -OCH3 is 2. The number of nitrogen functional groups attached to an aromatic ring is 1. The normalized spacial score (nSPS) is 10.9. The number of phenols is 1. The van der Waals surface area contributed by atoms with Crippen LogP contribution in [0.1, 0.15) is 11.1 Å². The second-order valence-electron chi connectivity index (χ2n) is 9.90. The molecular formula is C33H27F2N5O8. The Kier molecular flexibility index (Phi) is 9.40. The molecule has 5 rings (SSSR count). The van der Waals surface area contributed by atoms with Gasteiger partial charge < -0.3 is 44.2 Å². The average molecular weight is 660 g/mol. The first kappa shape index (κ1) is 32.7. The molecule has 2 aromatic heterocycles. The van der Waals surface area contributed by atoms with Gasteiger partial charge in [-0.2, -0.15) is 13.8 Å². The first-order valence-corrected chi connectivity index (χ1v) is 13.8. The van der Waals surface area contributed by atoms with Gasteiger partial charge in [-0.25, -0.2) is 9.78 Å². The van der Waals surface area contributed by atoms with Crippen LogP contribution < -0.4 is 29.4 Å². The minimum absolute atomic E-state index is 0.0745. The molecule has 0 unspecified atom stereocenters. The molecule has 48 heavy (non-hydrogen) atoms. The predicted octanol–water partition coefficient (Wildman–Crippen LogP) is 6.24. The molecular weight excluding hydrogens is 632 g/mol. The SMILES string of the molecule is COc1cc(/C=C/C(=O)O)cc(OC)c1Oc1c(F)c(Oc2cccc(-c3nccn3C)c2)nc(Oc2cc(C(=N)N)ccc2O)c1F. The molecule has 3 aromatic carbocycles. The number of imidazole rings is 1. The smallest absolute Gasteiger partial charge is 0.328 e. The third-order valence-electron chi connectivity index (χ3n) is 6.69. The van der Waals surface area contributed by atoms with Gasteiger partial charge in [-0.15, -0.1) is 0 Å². The predicted molar refractivity (Wildman–Crippen MR) is 168 cm³/mol. The number of hydrogen-bond donors (Lipinski definition) is 4. The van der Waals surface area contributed by atoms with Crippen LogP contribution in [0.3, 0.4) is 0 Å². The van der Waals surface area contributed by atoms with Gasteiger partial charge in [0.1, 0.15) is 17.4 Å². The van der Waals surface area contributed by atoms with E-state index in [4.69, 9.17) is 39.9 Å². The number of carbonyl (C=O) groups is 1. The summed E-state index contributed by atoms with van der Waals surface area (Å²) in [5.74, 6) is -7.70. The lowest BCUT2D eigenvalue weighted by Crippen LogP contribution is -2.11. The first-order chi connectivity index (χ1) is 23.0. The summed E-state index contributed by atoms with van der Waals surface area (Å²) >= 11 is 0. The molecule has 5 aromatic rings. The molecule has 0 radical (unpaired) electrons. The van der Waals surface area contributed by atoms with Gasteiger partial charge in [0.05, 0.1) is 14.2 Å². The highest BCUT2D eigenvalue weighted by Crippen LogP contribution is 2.46. The zero-order valence-corrected chi connectivity index (χ0v) is 25.5. The van der Waals surface area contributed by atoms with E-state index >= 15 is 8.78 Å². The molecule has 246 valence electrons. The number of aryl methyl sites for hydroxylation is 1. The number of nitrogens with zero attached hydrogens (tertiary/aromatic N) is 3. The number of rotatable bonds is 12. The largest absolute Gasteiger partial charge is 0.504 e. The van der Waals surface area contributed by atoms with Crippen molar-refractivity contribution in [1.82, 2.24) is 14.5 Å². The molecule has 15 heteroatoms. The van der Waals surface area contributed by atoms with Gasteiger partial charge in [0.25, 0.3) is 11.8 Å². The topological polar surface area (TPSA) is 184 Å². The molecule has 0 saturated carbocycles. The van der Waals surface area contributed by atoms with E-state index in [-0.39, 0.29) is 40.1 Å². The van der Waals surface area contributed by atoms with E-state index in [9.17, 15) is 9.90 Å². The van der Waals surface area contributed by atoms with Crippen molar-refractivity contribution in [1.29, 1.82) is 5.41 Å². The highest BCUT2D eigenvalue weighted by atomic mass is 19.1. The van der Waals surface area contributed by atoms with E-state index in [1.807, 2.05) is 0 Å². The maximum atomic E-state index is 16.2. The summed E-state index contributed by atoms with van der Waals surface area (Å²) < 4.78 is 61.9. The van der Waals surface area contributed by atoms with Crippen LogP contribution >= 0.6 is 0 Å². The lowest BCUT2D eigenvalue weighted by atomic mass is 10.1. The number of aliphatic carboxylic acids is 1. The quantitative estimate of drug-likeness (QED) is 0.0675. The van der Waals surface area contributed by atoms with Crippen molar-refractivity contribution in [2.24, 2.45) is 12.8 Å². The number of carboxylic acid groups (broad SMARTS) is 1. The molecule has 0 saturated heterocycles.